The molecule has 0 spiro atoms. The van der Waals surface area contributed by atoms with E-state index in [2.05, 4.69) is 0 Å². The molecule has 2 aromatic rings. The molecule has 0 aliphatic rings. The lowest BCUT2D eigenvalue weighted by atomic mass is 9.97. The molecule has 2 rings (SSSR count). The van der Waals surface area contributed by atoms with Gasteiger partial charge in [-0.15, -0.1) is 0 Å². The highest BCUT2D eigenvalue weighted by Gasteiger charge is 2.28. The van der Waals surface area contributed by atoms with Gasteiger partial charge in [-0.1, -0.05) is 6.07 Å². The van der Waals surface area contributed by atoms with Crippen molar-refractivity contribution in [1.29, 1.82) is 0 Å². The number of benzene rings is 1. The highest BCUT2D eigenvalue weighted by molar-refractivity contribution is 5.76. The first-order valence-electron chi connectivity index (χ1n) is 8.77. The van der Waals surface area contributed by atoms with Gasteiger partial charge in [0.25, 0.3) is 0 Å². The van der Waals surface area contributed by atoms with Gasteiger partial charge in [0.15, 0.2) is 0 Å². The van der Waals surface area contributed by atoms with E-state index < -0.39 is 23.8 Å². The number of nitrogens with zero attached hydrogens (tertiary/aromatic N) is 1. The van der Waals surface area contributed by atoms with Crippen molar-refractivity contribution in [2.45, 2.75) is 60.3 Å². The Morgan fingerprint density at radius 3 is 2.27 bits per heavy atom. The molecule has 2 unspecified atom stereocenters. The average molecular weight is 365 g/mol. The molecule has 2 atom stereocenters. The first-order chi connectivity index (χ1) is 12.1. The number of hydrogen-bond donors (Lipinski definition) is 0. The van der Waals surface area contributed by atoms with E-state index in [0.717, 1.165) is 5.56 Å². The topological polar surface area (TPSA) is 82.1 Å². The zero-order chi connectivity index (χ0) is 19.5. The van der Waals surface area contributed by atoms with Gasteiger partial charge in [0.1, 0.15) is 0 Å². The monoisotopic (exact) mass is 365 g/mol. The van der Waals surface area contributed by atoms with E-state index in [1.165, 1.54) is 6.92 Å². The van der Waals surface area contributed by atoms with Gasteiger partial charge in [0.2, 0.25) is 17.5 Å². The van der Waals surface area contributed by atoms with Gasteiger partial charge in [-0.2, -0.15) is 0 Å². The lowest BCUT2D eigenvalue weighted by molar-refractivity contribution is -0.175. The molecule has 0 fully saturated rings. The second-order valence-electron chi connectivity index (χ2n) is 7.39. The summed E-state index contributed by atoms with van der Waals surface area (Å²) in [5.41, 5.74) is 1.78. The Kier molecular flexibility index (Phi) is 6.00. The van der Waals surface area contributed by atoms with Crippen LogP contribution in [0.5, 0.6) is 0 Å². The number of amides is 1. The van der Waals surface area contributed by atoms with Crippen LogP contribution in [0.25, 0.3) is 11.2 Å². The largest absolute Gasteiger partial charge is 0.425 e. The maximum atomic E-state index is 12.4. The molecule has 1 aromatic heterocycles. The Morgan fingerprint density at radius 1 is 1.12 bits per heavy atom. The van der Waals surface area contributed by atoms with Crippen molar-refractivity contribution in [1.82, 2.24) is 4.90 Å². The maximum Gasteiger partial charge on any atom is 0.413 e. The second-order valence-corrected chi connectivity index (χ2v) is 7.39. The molecule has 0 saturated carbocycles. The molecule has 0 radical (unpaired) electrons. The Labute approximate surface area is 153 Å². The van der Waals surface area contributed by atoms with Crippen molar-refractivity contribution in [2.24, 2.45) is 5.41 Å². The zero-order valence-corrected chi connectivity index (χ0v) is 16.2. The molecule has 1 aromatic carbocycles. The highest BCUT2D eigenvalue weighted by atomic mass is 17.0. The molecule has 0 aliphatic heterocycles. The summed E-state index contributed by atoms with van der Waals surface area (Å²) in [6, 6.07) is 5.56. The number of rotatable bonds is 6. The van der Waals surface area contributed by atoms with Crippen LogP contribution in [0.3, 0.4) is 0 Å². The lowest BCUT2D eigenvalue weighted by Crippen LogP contribution is -2.42. The predicted octanol–water partition coefficient (Wildman–Crippen LogP) is 4.35. The molecule has 144 valence electrons. The van der Waals surface area contributed by atoms with Crippen molar-refractivity contribution in [3.8, 4) is 0 Å². The van der Waals surface area contributed by atoms with E-state index in [1.807, 2.05) is 32.0 Å². The van der Waals surface area contributed by atoms with Crippen LogP contribution in [0.2, 0.25) is 0 Å². The van der Waals surface area contributed by atoms with E-state index in [-0.39, 0.29) is 6.04 Å². The van der Waals surface area contributed by atoms with Crippen LogP contribution in [0, 0.1) is 5.41 Å². The summed E-state index contributed by atoms with van der Waals surface area (Å²) in [4.78, 5) is 25.9. The summed E-state index contributed by atoms with van der Waals surface area (Å²) in [5, 5.41) is 0. The molecule has 0 aliphatic carbocycles. The van der Waals surface area contributed by atoms with Crippen LogP contribution >= 0.6 is 0 Å². The molecule has 0 saturated heterocycles. The molecule has 1 heterocycles. The molecular weight excluding hydrogens is 338 g/mol. The van der Waals surface area contributed by atoms with Gasteiger partial charge in [-0.3, -0.25) is 13.9 Å². The number of carbonyl (C=O) groups is 2. The molecule has 1 amide bonds. The van der Waals surface area contributed by atoms with Crippen LogP contribution < -0.4 is 0 Å². The molecule has 7 heteroatoms. The quantitative estimate of drug-likeness (QED) is 0.430. The van der Waals surface area contributed by atoms with Gasteiger partial charge in [0.05, 0.1) is 5.41 Å². The van der Waals surface area contributed by atoms with E-state index in [1.54, 1.807) is 25.7 Å². The second kappa shape index (κ2) is 7.85. The van der Waals surface area contributed by atoms with Gasteiger partial charge < -0.3 is 14.4 Å². The Balaban J connectivity index is 1.93. The van der Waals surface area contributed by atoms with E-state index in [0.29, 0.717) is 24.1 Å². The van der Waals surface area contributed by atoms with Crippen molar-refractivity contribution in [2.75, 3.05) is 6.54 Å². The van der Waals surface area contributed by atoms with E-state index >= 15 is 0 Å². The molecular formula is C19H27NO6. The summed E-state index contributed by atoms with van der Waals surface area (Å²) in [5.74, 6) is -0.418. The maximum absolute atomic E-state index is 12.4. The van der Waals surface area contributed by atoms with E-state index in [9.17, 15) is 9.59 Å². The number of ether oxygens (including phenoxy) is 2. The third-order valence-electron chi connectivity index (χ3n) is 4.02. The van der Waals surface area contributed by atoms with Crippen LogP contribution in [0.1, 0.15) is 47.1 Å². The summed E-state index contributed by atoms with van der Waals surface area (Å²) in [7, 11) is 0. The van der Waals surface area contributed by atoms with Crippen LogP contribution in [-0.4, -0.2) is 35.8 Å². The minimum Gasteiger partial charge on any atom is -0.425 e. The summed E-state index contributed by atoms with van der Waals surface area (Å²) < 4.78 is 20.2. The van der Waals surface area contributed by atoms with Crippen LogP contribution in [-0.2, 0) is 20.7 Å². The molecule has 26 heavy (non-hydrogen) atoms. The first kappa shape index (κ1) is 19.9. The standard InChI is InChI=1S/C19H27NO6/c1-7-20(18(22)24-13(3)23-17(21)19(4,5)6)12(2)10-14-8-9-15-16(11-14)26-25-15/h8-9,11-13H,7,10H2,1-6H3. The first-order valence-corrected chi connectivity index (χ1v) is 8.77. The van der Waals surface area contributed by atoms with E-state index in [4.69, 9.17) is 18.6 Å². The molecule has 0 N–H and O–H groups in total. The Hall–Kier alpha value is -2.44. The predicted molar refractivity (Wildman–Crippen MR) is 95.5 cm³/mol. The summed E-state index contributed by atoms with van der Waals surface area (Å²) >= 11 is 0. The van der Waals surface area contributed by atoms with Crippen molar-refractivity contribution < 1.29 is 28.2 Å². The fourth-order valence-electron chi connectivity index (χ4n) is 2.50. The number of hydrogen-bond acceptors (Lipinski definition) is 6. The lowest BCUT2D eigenvalue weighted by Gasteiger charge is -2.29. The normalized spacial score (nSPS) is 14.1. The van der Waals surface area contributed by atoms with Crippen molar-refractivity contribution >= 4 is 23.2 Å². The van der Waals surface area contributed by atoms with Gasteiger partial charge in [0, 0.05) is 19.5 Å². The fraction of sp³-hybridized carbons (Fsp3) is 0.579. The third-order valence-corrected chi connectivity index (χ3v) is 4.02. The minimum absolute atomic E-state index is 0.0999. The Bertz CT molecular complexity index is 753. The number of likely N-dealkylation sites (N-methyl/N-ethyl adjacent to an activating group) is 1. The van der Waals surface area contributed by atoms with Gasteiger partial charge in [-0.05, 0) is 58.7 Å². The number of fused-ring (bicyclic) bond motifs is 1. The smallest absolute Gasteiger partial charge is 0.413 e. The van der Waals surface area contributed by atoms with Gasteiger partial charge >= 0.3 is 12.1 Å². The zero-order valence-electron chi connectivity index (χ0n) is 16.2. The van der Waals surface area contributed by atoms with Crippen LogP contribution in [0.15, 0.2) is 27.4 Å². The fourth-order valence-corrected chi connectivity index (χ4v) is 2.50. The number of carbonyl (C=O) groups excluding carboxylic acids is 2. The highest BCUT2D eigenvalue weighted by Crippen LogP contribution is 2.21. The minimum atomic E-state index is -0.947. The summed E-state index contributed by atoms with van der Waals surface area (Å²) in [6.45, 7) is 11.1. The van der Waals surface area contributed by atoms with Crippen molar-refractivity contribution in [3.05, 3.63) is 23.8 Å². The summed E-state index contributed by atoms with van der Waals surface area (Å²) in [6.07, 6.45) is -0.828. The molecule has 7 nitrogen and oxygen atoms in total. The van der Waals surface area contributed by atoms with Crippen LogP contribution in [0.4, 0.5) is 4.79 Å². The average Bonchev–Trinajstić information content (AvgIpc) is 2.49. The SMILES string of the molecule is CCN(C(=O)OC(C)OC(=O)C(C)(C)C)C(C)Cc1ccc2ooc2c1. The molecule has 0 bridgehead atoms. The number of esters is 1. The van der Waals surface area contributed by atoms with Gasteiger partial charge in [-0.25, -0.2) is 4.79 Å². The van der Waals surface area contributed by atoms with Crippen molar-refractivity contribution in [3.63, 3.8) is 0 Å². The Morgan fingerprint density at radius 2 is 1.77 bits per heavy atom. The third kappa shape index (κ3) is 4.80.